The normalized spacial score (nSPS) is 11.4. The molecule has 0 fully saturated rings. The summed E-state index contributed by atoms with van der Waals surface area (Å²) in [5.41, 5.74) is 0.0479. The van der Waals surface area contributed by atoms with E-state index < -0.39 is 24.2 Å². The summed E-state index contributed by atoms with van der Waals surface area (Å²) in [6.07, 6.45) is -5.56. The monoisotopic (exact) mass is 282 g/mol. The highest BCUT2D eigenvalue weighted by molar-refractivity contribution is 6.09. The first-order chi connectivity index (χ1) is 9.37. The zero-order valence-corrected chi connectivity index (χ0v) is 10.2. The van der Waals surface area contributed by atoms with E-state index in [9.17, 15) is 22.4 Å². The van der Waals surface area contributed by atoms with Gasteiger partial charge in [0.15, 0.2) is 5.78 Å². The molecule has 5 heteroatoms. The van der Waals surface area contributed by atoms with Gasteiger partial charge in [-0.15, -0.1) is 0 Å². The highest BCUT2D eigenvalue weighted by atomic mass is 19.4. The fraction of sp³-hybridized carbons (Fsp3) is 0.133. The van der Waals surface area contributed by atoms with E-state index in [4.69, 9.17) is 0 Å². The van der Waals surface area contributed by atoms with Gasteiger partial charge in [-0.3, -0.25) is 4.79 Å². The fourth-order valence-corrected chi connectivity index (χ4v) is 1.87. The third-order valence-electron chi connectivity index (χ3n) is 2.76. The molecule has 0 spiro atoms. The van der Waals surface area contributed by atoms with Gasteiger partial charge in [-0.05, 0) is 29.8 Å². The second-order valence-electron chi connectivity index (χ2n) is 4.29. The minimum atomic E-state index is -4.39. The molecule has 0 radical (unpaired) electrons. The molecule has 0 aliphatic heterocycles. The molecule has 0 aliphatic carbocycles. The van der Waals surface area contributed by atoms with Crippen LogP contribution >= 0.6 is 0 Å². The van der Waals surface area contributed by atoms with Gasteiger partial charge in [0.1, 0.15) is 5.82 Å². The Morgan fingerprint density at radius 2 is 1.55 bits per heavy atom. The molecule has 0 amide bonds. The van der Waals surface area contributed by atoms with Gasteiger partial charge in [0.2, 0.25) is 0 Å². The molecule has 0 saturated heterocycles. The number of benzene rings is 2. The molecule has 0 atom stereocenters. The van der Waals surface area contributed by atoms with Crippen LogP contribution in [0.5, 0.6) is 0 Å². The number of alkyl halides is 3. The van der Waals surface area contributed by atoms with Crippen molar-refractivity contribution in [2.24, 2.45) is 0 Å². The van der Waals surface area contributed by atoms with E-state index in [-0.39, 0.29) is 16.7 Å². The zero-order chi connectivity index (χ0) is 14.8. The standard InChI is InChI=1S/C15H10F4O/c16-12-7-5-10(6-8-12)14(20)13-4-2-1-3-11(13)9-15(17,18)19/h1-8H,9H2. The molecule has 20 heavy (non-hydrogen) atoms. The molecule has 0 heterocycles. The Labute approximate surface area is 112 Å². The summed E-state index contributed by atoms with van der Waals surface area (Å²) in [4.78, 5) is 12.2. The Morgan fingerprint density at radius 3 is 2.15 bits per heavy atom. The fourth-order valence-electron chi connectivity index (χ4n) is 1.87. The molecule has 2 aromatic rings. The van der Waals surface area contributed by atoms with Crippen LogP contribution in [0.1, 0.15) is 21.5 Å². The van der Waals surface area contributed by atoms with E-state index in [1.165, 1.54) is 36.4 Å². The lowest BCUT2D eigenvalue weighted by atomic mass is 9.96. The quantitative estimate of drug-likeness (QED) is 0.610. The van der Waals surface area contributed by atoms with E-state index in [2.05, 4.69) is 0 Å². The Balaban J connectivity index is 2.37. The number of rotatable bonds is 3. The minimum absolute atomic E-state index is 0.0172. The second kappa shape index (κ2) is 5.45. The Morgan fingerprint density at radius 1 is 0.950 bits per heavy atom. The van der Waals surface area contributed by atoms with Gasteiger partial charge in [0, 0.05) is 11.1 Å². The van der Waals surface area contributed by atoms with Crippen molar-refractivity contribution in [3.05, 3.63) is 71.0 Å². The van der Waals surface area contributed by atoms with Gasteiger partial charge in [0.05, 0.1) is 6.42 Å². The van der Waals surface area contributed by atoms with Gasteiger partial charge in [-0.1, -0.05) is 24.3 Å². The van der Waals surface area contributed by atoms with Crippen molar-refractivity contribution in [2.75, 3.05) is 0 Å². The predicted molar refractivity (Wildman–Crippen MR) is 66.0 cm³/mol. The molecular weight excluding hydrogens is 272 g/mol. The molecule has 104 valence electrons. The summed E-state index contributed by atoms with van der Waals surface area (Å²) in [7, 11) is 0. The van der Waals surface area contributed by atoms with Gasteiger partial charge < -0.3 is 0 Å². The molecule has 0 bridgehead atoms. The number of carbonyl (C=O) groups excluding carboxylic acids is 1. The summed E-state index contributed by atoms with van der Waals surface area (Å²) in [6, 6.07) is 10.2. The maximum absolute atomic E-state index is 12.8. The topological polar surface area (TPSA) is 17.1 Å². The molecule has 0 unspecified atom stereocenters. The van der Waals surface area contributed by atoms with Crippen molar-refractivity contribution in [3.63, 3.8) is 0 Å². The highest BCUT2D eigenvalue weighted by Gasteiger charge is 2.29. The zero-order valence-electron chi connectivity index (χ0n) is 10.2. The third kappa shape index (κ3) is 3.44. The third-order valence-corrected chi connectivity index (χ3v) is 2.76. The minimum Gasteiger partial charge on any atom is -0.289 e. The van der Waals surface area contributed by atoms with Crippen molar-refractivity contribution in [2.45, 2.75) is 12.6 Å². The SMILES string of the molecule is O=C(c1ccc(F)cc1)c1ccccc1CC(F)(F)F. The Kier molecular flexibility index (Phi) is 3.88. The smallest absolute Gasteiger partial charge is 0.289 e. The average molecular weight is 282 g/mol. The van der Waals surface area contributed by atoms with Gasteiger partial charge >= 0.3 is 6.18 Å². The van der Waals surface area contributed by atoms with Crippen LogP contribution in [0.25, 0.3) is 0 Å². The van der Waals surface area contributed by atoms with Crippen LogP contribution in [-0.2, 0) is 6.42 Å². The van der Waals surface area contributed by atoms with E-state index in [0.29, 0.717) is 0 Å². The molecule has 0 N–H and O–H groups in total. The van der Waals surface area contributed by atoms with Gasteiger partial charge in [-0.2, -0.15) is 13.2 Å². The van der Waals surface area contributed by atoms with E-state index in [1.54, 1.807) is 0 Å². The van der Waals surface area contributed by atoms with E-state index in [0.717, 1.165) is 12.1 Å². The van der Waals surface area contributed by atoms with E-state index >= 15 is 0 Å². The first-order valence-corrected chi connectivity index (χ1v) is 5.82. The highest BCUT2D eigenvalue weighted by Crippen LogP contribution is 2.24. The molecular formula is C15H10F4O. The first kappa shape index (κ1) is 14.2. The van der Waals surface area contributed by atoms with Crippen LogP contribution in [0.3, 0.4) is 0 Å². The summed E-state index contributed by atoms with van der Waals surface area (Å²) in [5, 5.41) is 0. The van der Waals surface area contributed by atoms with Crippen molar-refractivity contribution < 1.29 is 22.4 Å². The van der Waals surface area contributed by atoms with Gasteiger partial charge in [-0.25, -0.2) is 4.39 Å². The number of halogens is 4. The maximum atomic E-state index is 12.8. The van der Waals surface area contributed by atoms with Crippen molar-refractivity contribution in [1.82, 2.24) is 0 Å². The van der Waals surface area contributed by atoms with Crippen LogP contribution in [0.4, 0.5) is 17.6 Å². The second-order valence-corrected chi connectivity index (χ2v) is 4.29. The number of ketones is 1. The number of carbonyl (C=O) groups is 1. The van der Waals surface area contributed by atoms with Gasteiger partial charge in [0.25, 0.3) is 0 Å². The maximum Gasteiger partial charge on any atom is 0.393 e. The van der Waals surface area contributed by atoms with Crippen LogP contribution in [0, 0.1) is 5.82 Å². The van der Waals surface area contributed by atoms with Crippen molar-refractivity contribution in [3.8, 4) is 0 Å². The van der Waals surface area contributed by atoms with Crippen molar-refractivity contribution >= 4 is 5.78 Å². The lowest BCUT2D eigenvalue weighted by Gasteiger charge is -2.11. The van der Waals surface area contributed by atoms with E-state index in [1.807, 2.05) is 0 Å². The summed E-state index contributed by atoms with van der Waals surface area (Å²) in [5.74, 6) is -1.06. The molecule has 0 aromatic heterocycles. The average Bonchev–Trinajstić information content (AvgIpc) is 2.37. The molecule has 1 nitrogen and oxygen atoms in total. The van der Waals surface area contributed by atoms with Crippen LogP contribution in [0.2, 0.25) is 0 Å². The molecule has 2 aromatic carbocycles. The lowest BCUT2D eigenvalue weighted by molar-refractivity contribution is -0.127. The Hall–Kier alpha value is -2.17. The predicted octanol–water partition coefficient (Wildman–Crippen LogP) is 4.16. The molecule has 0 saturated carbocycles. The Bertz CT molecular complexity index is 615. The first-order valence-electron chi connectivity index (χ1n) is 5.82. The largest absolute Gasteiger partial charge is 0.393 e. The molecule has 0 aliphatic rings. The van der Waals surface area contributed by atoms with Crippen molar-refractivity contribution in [1.29, 1.82) is 0 Å². The summed E-state index contributed by atoms with van der Waals surface area (Å²) >= 11 is 0. The number of hydrogen-bond donors (Lipinski definition) is 0. The van der Waals surface area contributed by atoms with Crippen LogP contribution in [0.15, 0.2) is 48.5 Å². The van der Waals surface area contributed by atoms with Crippen LogP contribution < -0.4 is 0 Å². The summed E-state index contributed by atoms with van der Waals surface area (Å²) < 4.78 is 50.2. The molecule has 2 rings (SSSR count). The number of hydrogen-bond acceptors (Lipinski definition) is 1. The lowest BCUT2D eigenvalue weighted by Crippen LogP contribution is -2.15. The summed E-state index contributed by atoms with van der Waals surface area (Å²) in [6.45, 7) is 0. The van der Waals surface area contributed by atoms with Crippen LogP contribution in [-0.4, -0.2) is 12.0 Å².